The molecule has 3 rings (SSSR count). The molecule has 37 heavy (non-hydrogen) atoms. The van der Waals surface area contributed by atoms with Crippen LogP contribution >= 0.6 is 0 Å². The average molecular weight is 541 g/mol. The summed E-state index contributed by atoms with van der Waals surface area (Å²) in [5.41, 5.74) is -0.904. The number of nitrogens with one attached hydrogen (secondary N) is 2. The SMILES string of the molecule is C#Cc1cc(CNC(=O)/C=C/c2ccc(C(F)(F)F)nc2N2CCC(OC)C2)cc(F)c1NS(C)(=O)=O. The highest BCUT2D eigenvalue weighted by molar-refractivity contribution is 7.92. The first-order valence-corrected chi connectivity index (χ1v) is 12.8. The van der Waals surface area contributed by atoms with Gasteiger partial charge in [0.2, 0.25) is 15.9 Å². The molecule has 1 fully saturated rings. The quantitative estimate of drug-likeness (QED) is 0.303. The van der Waals surface area contributed by atoms with Gasteiger partial charge in [-0.3, -0.25) is 9.52 Å². The molecule has 0 spiro atoms. The summed E-state index contributed by atoms with van der Waals surface area (Å²) in [7, 11) is -2.25. The number of nitrogens with zero attached hydrogens (tertiary/aromatic N) is 2. The number of ether oxygens (including phenoxy) is 1. The van der Waals surface area contributed by atoms with Crippen LogP contribution in [0, 0.1) is 18.2 Å². The van der Waals surface area contributed by atoms with Crippen molar-refractivity contribution in [2.45, 2.75) is 25.2 Å². The highest BCUT2D eigenvalue weighted by atomic mass is 32.2. The minimum Gasteiger partial charge on any atom is -0.380 e. The van der Waals surface area contributed by atoms with Gasteiger partial charge in [-0.15, -0.1) is 6.42 Å². The summed E-state index contributed by atoms with van der Waals surface area (Å²) in [5.74, 6) is 0.748. The molecule has 1 saturated heterocycles. The minimum atomic E-state index is -4.63. The fraction of sp³-hybridized carbons (Fsp3) is 0.333. The van der Waals surface area contributed by atoms with E-state index in [0.717, 1.165) is 24.5 Å². The van der Waals surface area contributed by atoms with Gasteiger partial charge in [0.15, 0.2) is 0 Å². The topological polar surface area (TPSA) is 101 Å². The van der Waals surface area contributed by atoms with E-state index in [9.17, 15) is 30.8 Å². The van der Waals surface area contributed by atoms with Crippen LogP contribution in [0.2, 0.25) is 0 Å². The van der Waals surface area contributed by atoms with Crippen molar-refractivity contribution in [2.75, 3.05) is 36.1 Å². The molecule has 1 unspecified atom stereocenters. The summed E-state index contributed by atoms with van der Waals surface area (Å²) < 4.78 is 84.3. The predicted molar refractivity (Wildman–Crippen MR) is 131 cm³/mol. The second-order valence-corrected chi connectivity index (χ2v) is 10.0. The van der Waals surface area contributed by atoms with Crippen LogP contribution < -0.4 is 14.9 Å². The third-order valence-corrected chi connectivity index (χ3v) is 6.02. The lowest BCUT2D eigenvalue weighted by molar-refractivity contribution is -0.141. The lowest BCUT2D eigenvalue weighted by atomic mass is 10.1. The average Bonchev–Trinajstić information content (AvgIpc) is 3.30. The first kappa shape index (κ1) is 27.9. The summed E-state index contributed by atoms with van der Waals surface area (Å²) in [6, 6.07) is 4.44. The fourth-order valence-electron chi connectivity index (χ4n) is 3.69. The van der Waals surface area contributed by atoms with E-state index in [0.29, 0.717) is 25.1 Å². The van der Waals surface area contributed by atoms with E-state index in [1.54, 1.807) is 4.90 Å². The van der Waals surface area contributed by atoms with E-state index < -0.39 is 33.6 Å². The van der Waals surface area contributed by atoms with Crippen molar-refractivity contribution in [3.63, 3.8) is 0 Å². The molecule has 0 saturated carbocycles. The van der Waals surface area contributed by atoms with Gasteiger partial charge in [-0.05, 0) is 42.3 Å². The number of pyridine rings is 1. The van der Waals surface area contributed by atoms with Crippen LogP contribution in [0.4, 0.5) is 29.1 Å². The van der Waals surface area contributed by atoms with Crippen molar-refractivity contribution >= 4 is 33.5 Å². The largest absolute Gasteiger partial charge is 0.433 e. The van der Waals surface area contributed by atoms with Crippen LogP contribution in [-0.4, -0.2) is 51.9 Å². The van der Waals surface area contributed by atoms with Crippen LogP contribution in [0.15, 0.2) is 30.3 Å². The second kappa shape index (κ2) is 11.2. The normalized spacial score (nSPS) is 16.1. The van der Waals surface area contributed by atoms with E-state index in [-0.39, 0.29) is 35.3 Å². The van der Waals surface area contributed by atoms with Gasteiger partial charge in [0.25, 0.3) is 0 Å². The van der Waals surface area contributed by atoms with Crippen LogP contribution in [0.1, 0.15) is 28.8 Å². The number of sulfonamides is 1. The Bertz CT molecular complexity index is 1350. The van der Waals surface area contributed by atoms with Crippen molar-refractivity contribution in [1.82, 2.24) is 10.3 Å². The van der Waals surface area contributed by atoms with Crippen molar-refractivity contribution < 1.29 is 35.5 Å². The number of aromatic nitrogens is 1. The first-order valence-electron chi connectivity index (χ1n) is 10.9. The van der Waals surface area contributed by atoms with Gasteiger partial charge in [0.05, 0.1) is 23.6 Å². The van der Waals surface area contributed by atoms with E-state index in [1.807, 2.05) is 4.72 Å². The zero-order valence-electron chi connectivity index (χ0n) is 19.9. The third-order valence-electron chi connectivity index (χ3n) is 5.45. The monoisotopic (exact) mass is 540 g/mol. The molecule has 13 heteroatoms. The predicted octanol–water partition coefficient (Wildman–Crippen LogP) is 3.15. The zero-order valence-corrected chi connectivity index (χ0v) is 20.7. The van der Waals surface area contributed by atoms with Crippen molar-refractivity contribution in [1.29, 1.82) is 0 Å². The summed E-state index contributed by atoms with van der Waals surface area (Å²) in [5, 5.41) is 2.52. The Morgan fingerprint density at radius 3 is 2.68 bits per heavy atom. The van der Waals surface area contributed by atoms with Crippen molar-refractivity contribution in [3.8, 4) is 12.3 Å². The van der Waals surface area contributed by atoms with Crippen LogP contribution in [-0.2, 0) is 32.3 Å². The molecule has 1 aromatic carbocycles. The number of benzene rings is 1. The number of halogens is 4. The van der Waals surface area contributed by atoms with Crippen LogP contribution in [0.5, 0.6) is 0 Å². The van der Waals surface area contributed by atoms with E-state index in [1.165, 1.54) is 25.3 Å². The zero-order chi connectivity index (χ0) is 27.4. The Morgan fingerprint density at radius 2 is 2.08 bits per heavy atom. The van der Waals surface area contributed by atoms with Crippen LogP contribution in [0.25, 0.3) is 6.08 Å². The number of amides is 1. The highest BCUT2D eigenvalue weighted by Crippen LogP contribution is 2.32. The maximum absolute atomic E-state index is 14.4. The molecule has 0 bridgehead atoms. The molecular formula is C24H24F4N4O4S. The Kier molecular flexibility index (Phi) is 8.45. The molecule has 1 aromatic heterocycles. The highest BCUT2D eigenvalue weighted by Gasteiger charge is 2.34. The fourth-order valence-corrected chi connectivity index (χ4v) is 4.27. The maximum Gasteiger partial charge on any atom is 0.433 e. The summed E-state index contributed by atoms with van der Waals surface area (Å²) in [6.45, 7) is 0.645. The number of rotatable bonds is 8. The van der Waals surface area contributed by atoms with Crippen molar-refractivity contribution in [2.24, 2.45) is 0 Å². The van der Waals surface area contributed by atoms with Gasteiger partial charge < -0.3 is 15.0 Å². The molecule has 1 aliphatic heterocycles. The summed E-state index contributed by atoms with van der Waals surface area (Å²) in [6.07, 6.45) is 4.51. The molecule has 8 nitrogen and oxygen atoms in total. The molecule has 2 heterocycles. The molecule has 1 aliphatic rings. The molecule has 2 aromatic rings. The number of carbonyl (C=O) groups excluding carboxylic acids is 1. The van der Waals surface area contributed by atoms with Gasteiger partial charge in [-0.2, -0.15) is 13.2 Å². The summed E-state index contributed by atoms with van der Waals surface area (Å²) >= 11 is 0. The molecule has 198 valence electrons. The van der Waals surface area contributed by atoms with E-state index in [2.05, 4.69) is 16.2 Å². The Morgan fingerprint density at radius 1 is 1.35 bits per heavy atom. The van der Waals surface area contributed by atoms with E-state index in [4.69, 9.17) is 11.2 Å². The smallest absolute Gasteiger partial charge is 0.380 e. The first-order chi connectivity index (χ1) is 17.3. The number of alkyl halides is 3. The second-order valence-electron chi connectivity index (χ2n) is 8.27. The maximum atomic E-state index is 14.4. The molecule has 1 atom stereocenters. The number of terminal acetylenes is 1. The molecule has 0 aliphatic carbocycles. The molecule has 1 amide bonds. The lowest BCUT2D eigenvalue weighted by Crippen LogP contribution is -2.25. The van der Waals surface area contributed by atoms with Gasteiger partial charge in [0, 0.05) is 38.4 Å². The number of hydrogen-bond donors (Lipinski definition) is 2. The summed E-state index contributed by atoms with van der Waals surface area (Å²) in [4.78, 5) is 17.8. The van der Waals surface area contributed by atoms with Gasteiger partial charge >= 0.3 is 6.18 Å². The number of methoxy groups -OCH3 is 1. The number of carbonyl (C=O) groups is 1. The van der Waals surface area contributed by atoms with Gasteiger partial charge in [0.1, 0.15) is 17.3 Å². The third kappa shape index (κ3) is 7.43. The lowest BCUT2D eigenvalue weighted by Gasteiger charge is -2.21. The standard InChI is InChI=1S/C24H24F4N4O4S/c1-4-16-11-15(12-19(25)22(16)31-37(3,34)35)13-29-21(33)8-6-17-5-7-20(24(26,27)28)30-23(17)32-10-9-18(14-32)36-2/h1,5-8,11-12,18,31H,9-10,13-14H2,2-3H3,(H,29,33)/b8-6+. The molecule has 2 N–H and O–H groups in total. The Hall–Kier alpha value is -3.63. The van der Waals surface area contributed by atoms with E-state index >= 15 is 0 Å². The number of anilines is 2. The van der Waals surface area contributed by atoms with Crippen LogP contribution in [0.3, 0.4) is 0 Å². The Labute approximate surface area is 211 Å². The van der Waals surface area contributed by atoms with Gasteiger partial charge in [-0.25, -0.2) is 17.8 Å². The van der Waals surface area contributed by atoms with Crippen molar-refractivity contribution in [3.05, 3.63) is 58.5 Å². The molecular weight excluding hydrogens is 516 g/mol. The minimum absolute atomic E-state index is 0.0503. The van der Waals surface area contributed by atoms with Gasteiger partial charge in [-0.1, -0.05) is 5.92 Å². The Balaban J connectivity index is 1.76. The number of hydrogen-bond acceptors (Lipinski definition) is 6. The molecule has 0 radical (unpaired) electrons.